The summed E-state index contributed by atoms with van der Waals surface area (Å²) in [6.45, 7) is -1.17. The first-order chi connectivity index (χ1) is 9.35. The van der Waals surface area contributed by atoms with Crippen molar-refractivity contribution in [3.8, 4) is 0 Å². The van der Waals surface area contributed by atoms with Crippen LogP contribution in [0.25, 0.3) is 0 Å². The summed E-state index contributed by atoms with van der Waals surface area (Å²) in [5.41, 5.74) is 5.49. The molecule has 0 radical (unpaired) electrons. The topological polar surface area (TPSA) is 139 Å². The van der Waals surface area contributed by atoms with Gasteiger partial charge in [0, 0.05) is 5.69 Å². The van der Waals surface area contributed by atoms with E-state index in [-0.39, 0.29) is 16.1 Å². The molecular formula is C11H16N2O6S. The summed E-state index contributed by atoms with van der Waals surface area (Å²) in [6, 6.07) is 2.57. The molecule has 5 N–H and O–H groups in total. The van der Waals surface area contributed by atoms with Gasteiger partial charge in [-0.3, -0.25) is 0 Å². The number of ether oxygens (including phenoxy) is 1. The Morgan fingerprint density at radius 3 is 2.50 bits per heavy atom. The van der Waals surface area contributed by atoms with Gasteiger partial charge >= 0.3 is 5.97 Å². The number of aliphatic hydroxyl groups excluding tert-OH is 2. The van der Waals surface area contributed by atoms with Crippen LogP contribution in [0.4, 0.5) is 5.69 Å². The number of carbonyl (C=O) groups is 1. The smallest absolute Gasteiger partial charge is 0.339 e. The lowest BCUT2D eigenvalue weighted by Gasteiger charge is -2.15. The maximum absolute atomic E-state index is 12.1. The molecule has 0 bridgehead atoms. The zero-order valence-corrected chi connectivity index (χ0v) is 11.6. The highest BCUT2D eigenvalue weighted by Crippen LogP contribution is 2.20. The van der Waals surface area contributed by atoms with Crippen molar-refractivity contribution >= 4 is 21.7 Å². The third-order valence-corrected chi connectivity index (χ3v) is 4.04. The number of nitrogen functional groups attached to an aromatic ring is 1. The number of aliphatic hydroxyl groups is 2. The molecule has 0 spiro atoms. The Morgan fingerprint density at radius 1 is 1.40 bits per heavy atom. The van der Waals surface area contributed by atoms with Crippen LogP contribution >= 0.6 is 0 Å². The number of methoxy groups -OCH3 is 1. The van der Waals surface area contributed by atoms with Crippen LogP contribution in [0.5, 0.6) is 0 Å². The highest BCUT2D eigenvalue weighted by molar-refractivity contribution is 7.89. The third kappa shape index (κ3) is 3.67. The summed E-state index contributed by atoms with van der Waals surface area (Å²) in [7, 11) is -3.00. The Balaban J connectivity index is 3.27. The number of esters is 1. The highest BCUT2D eigenvalue weighted by atomic mass is 32.2. The summed E-state index contributed by atoms with van der Waals surface area (Å²) < 4.78 is 30.8. The Hall–Kier alpha value is -1.68. The maximum atomic E-state index is 12.1. The van der Waals surface area contributed by atoms with Gasteiger partial charge < -0.3 is 20.7 Å². The second kappa shape index (κ2) is 6.66. The zero-order valence-electron chi connectivity index (χ0n) is 10.7. The lowest BCUT2D eigenvalue weighted by Crippen LogP contribution is -2.40. The predicted octanol–water partition coefficient (Wildman–Crippen LogP) is -1.31. The van der Waals surface area contributed by atoms with Gasteiger partial charge in [0.15, 0.2) is 0 Å². The lowest BCUT2D eigenvalue weighted by molar-refractivity contribution is 0.0596. The number of sulfonamides is 1. The van der Waals surface area contributed by atoms with Gasteiger partial charge in [-0.25, -0.2) is 17.9 Å². The standard InChI is InChI=1S/C11H16N2O6S/c1-19-11(16)9-4-7(12)2-3-10(9)20(17,18)13-8(5-14)6-15/h2-4,8,13-15H,5-6,12H2,1H3. The summed E-state index contributed by atoms with van der Waals surface area (Å²) >= 11 is 0. The van der Waals surface area contributed by atoms with Gasteiger partial charge in [0.25, 0.3) is 0 Å². The molecule has 0 fully saturated rings. The van der Waals surface area contributed by atoms with E-state index in [2.05, 4.69) is 9.46 Å². The van der Waals surface area contributed by atoms with Crippen molar-refractivity contribution in [3.05, 3.63) is 23.8 Å². The molecule has 0 amide bonds. The number of rotatable bonds is 6. The second-order valence-corrected chi connectivity index (χ2v) is 5.61. The van der Waals surface area contributed by atoms with Crippen molar-refractivity contribution in [2.45, 2.75) is 10.9 Å². The molecule has 20 heavy (non-hydrogen) atoms. The Labute approximate surface area is 116 Å². The third-order valence-electron chi connectivity index (χ3n) is 2.46. The quantitative estimate of drug-likeness (QED) is 0.378. The van der Waals surface area contributed by atoms with Crippen molar-refractivity contribution < 1.29 is 28.2 Å². The van der Waals surface area contributed by atoms with Crippen molar-refractivity contribution in [1.82, 2.24) is 4.72 Å². The van der Waals surface area contributed by atoms with E-state index in [0.29, 0.717) is 0 Å². The molecule has 1 aromatic carbocycles. The zero-order chi connectivity index (χ0) is 15.3. The molecule has 0 atom stereocenters. The van der Waals surface area contributed by atoms with Crippen molar-refractivity contribution in [2.75, 3.05) is 26.1 Å². The van der Waals surface area contributed by atoms with Gasteiger partial charge in [-0.2, -0.15) is 0 Å². The van der Waals surface area contributed by atoms with Crippen molar-refractivity contribution in [2.24, 2.45) is 0 Å². The minimum atomic E-state index is -4.11. The normalized spacial score (nSPS) is 11.6. The molecule has 112 valence electrons. The Bertz CT molecular complexity index is 583. The van der Waals surface area contributed by atoms with E-state index in [9.17, 15) is 13.2 Å². The molecule has 9 heteroatoms. The molecule has 0 unspecified atom stereocenters. The van der Waals surface area contributed by atoms with E-state index in [0.717, 1.165) is 13.2 Å². The monoisotopic (exact) mass is 304 g/mol. The van der Waals surface area contributed by atoms with Crippen LogP contribution in [0.1, 0.15) is 10.4 Å². The number of carbonyl (C=O) groups excluding carboxylic acids is 1. The van der Waals surface area contributed by atoms with Crippen LogP contribution < -0.4 is 10.5 Å². The number of hydrogen-bond acceptors (Lipinski definition) is 7. The average molecular weight is 304 g/mol. The van der Waals surface area contributed by atoms with E-state index in [4.69, 9.17) is 15.9 Å². The molecular weight excluding hydrogens is 288 g/mol. The van der Waals surface area contributed by atoms with Gasteiger partial charge in [0.05, 0.1) is 36.8 Å². The number of hydrogen-bond donors (Lipinski definition) is 4. The molecule has 8 nitrogen and oxygen atoms in total. The Kier molecular flexibility index (Phi) is 5.45. The van der Waals surface area contributed by atoms with E-state index < -0.39 is 35.2 Å². The summed E-state index contributed by atoms with van der Waals surface area (Å²) in [4.78, 5) is 11.2. The molecule has 0 saturated heterocycles. The average Bonchev–Trinajstić information content (AvgIpc) is 2.43. The van der Waals surface area contributed by atoms with Crippen molar-refractivity contribution in [3.63, 3.8) is 0 Å². The summed E-state index contributed by atoms with van der Waals surface area (Å²) in [6.07, 6.45) is 0. The number of nitrogens with two attached hydrogens (primary N) is 1. The van der Waals surface area contributed by atoms with Crippen LogP contribution in [0.3, 0.4) is 0 Å². The van der Waals surface area contributed by atoms with Crippen LogP contribution in [-0.2, 0) is 14.8 Å². The SMILES string of the molecule is COC(=O)c1cc(N)ccc1S(=O)(=O)NC(CO)CO. The fourth-order valence-corrected chi connectivity index (χ4v) is 2.86. The molecule has 0 aliphatic rings. The van der Waals surface area contributed by atoms with E-state index >= 15 is 0 Å². The van der Waals surface area contributed by atoms with E-state index in [1.54, 1.807) is 0 Å². The van der Waals surface area contributed by atoms with Gasteiger partial charge in [-0.1, -0.05) is 0 Å². The maximum Gasteiger partial charge on any atom is 0.339 e. The Morgan fingerprint density at radius 2 is 2.00 bits per heavy atom. The molecule has 0 aromatic heterocycles. The van der Waals surface area contributed by atoms with Gasteiger partial charge in [-0.15, -0.1) is 0 Å². The van der Waals surface area contributed by atoms with Gasteiger partial charge in [0.1, 0.15) is 0 Å². The largest absolute Gasteiger partial charge is 0.465 e. The van der Waals surface area contributed by atoms with Gasteiger partial charge in [0.2, 0.25) is 10.0 Å². The fraction of sp³-hybridized carbons (Fsp3) is 0.364. The molecule has 0 saturated carbocycles. The number of anilines is 1. The molecule has 0 aliphatic carbocycles. The lowest BCUT2D eigenvalue weighted by atomic mass is 10.2. The van der Waals surface area contributed by atoms with Crippen LogP contribution in [0.2, 0.25) is 0 Å². The highest BCUT2D eigenvalue weighted by Gasteiger charge is 2.25. The summed E-state index contributed by atoms with van der Waals surface area (Å²) in [5, 5.41) is 17.8. The fourth-order valence-electron chi connectivity index (χ4n) is 1.47. The first-order valence-corrected chi connectivity index (χ1v) is 7.06. The predicted molar refractivity (Wildman–Crippen MR) is 70.5 cm³/mol. The van der Waals surface area contributed by atoms with Crippen LogP contribution in [0, 0.1) is 0 Å². The minimum absolute atomic E-state index is 0.199. The van der Waals surface area contributed by atoms with Crippen LogP contribution in [0.15, 0.2) is 23.1 Å². The van der Waals surface area contributed by atoms with Crippen molar-refractivity contribution in [1.29, 1.82) is 0 Å². The first-order valence-electron chi connectivity index (χ1n) is 5.57. The van der Waals surface area contributed by atoms with Gasteiger partial charge in [-0.05, 0) is 18.2 Å². The molecule has 0 heterocycles. The first kappa shape index (κ1) is 16.4. The number of benzene rings is 1. The van der Waals surface area contributed by atoms with E-state index in [1.807, 2.05) is 0 Å². The molecule has 1 aromatic rings. The molecule has 1 rings (SSSR count). The molecule has 0 aliphatic heterocycles. The van der Waals surface area contributed by atoms with E-state index in [1.165, 1.54) is 12.1 Å². The number of nitrogens with one attached hydrogen (secondary N) is 1. The second-order valence-electron chi connectivity index (χ2n) is 3.93. The summed E-state index contributed by atoms with van der Waals surface area (Å²) in [5.74, 6) is -0.859. The minimum Gasteiger partial charge on any atom is -0.465 e. The van der Waals surface area contributed by atoms with Crippen LogP contribution in [-0.4, -0.2) is 51.0 Å².